The number of hydrogen-bond donors (Lipinski definition) is 1. The minimum atomic E-state index is 0.120. The van der Waals surface area contributed by atoms with E-state index >= 15 is 0 Å². The fourth-order valence-electron chi connectivity index (χ4n) is 2.82. The number of rotatable bonds is 2. The zero-order chi connectivity index (χ0) is 13.0. The smallest absolute Gasteiger partial charge is 0.317 e. The second-order valence-corrected chi connectivity index (χ2v) is 6.28. The maximum absolute atomic E-state index is 12.1. The molecule has 0 aromatic rings. The molecule has 0 saturated carbocycles. The zero-order valence-corrected chi connectivity index (χ0v) is 11.7. The van der Waals surface area contributed by atoms with E-state index in [2.05, 4.69) is 19.2 Å². The molecule has 2 rings (SSSR count). The molecule has 0 aromatic carbocycles. The van der Waals surface area contributed by atoms with E-state index in [0.29, 0.717) is 5.92 Å². The highest BCUT2D eigenvalue weighted by molar-refractivity contribution is 5.74. The number of nitrogens with zero attached hydrogens (tertiary/aromatic N) is 1. The van der Waals surface area contributed by atoms with Crippen molar-refractivity contribution >= 4 is 6.03 Å². The summed E-state index contributed by atoms with van der Waals surface area (Å²) in [6, 6.07) is 0.120. The summed E-state index contributed by atoms with van der Waals surface area (Å²) in [6.07, 6.45) is 4.48. The molecule has 0 bridgehead atoms. The van der Waals surface area contributed by atoms with Crippen LogP contribution in [0.4, 0.5) is 4.79 Å². The van der Waals surface area contributed by atoms with Crippen molar-refractivity contribution in [3.05, 3.63) is 0 Å². The number of hydrogen-bond acceptors (Lipinski definition) is 2. The fourth-order valence-corrected chi connectivity index (χ4v) is 2.82. The van der Waals surface area contributed by atoms with E-state index < -0.39 is 0 Å². The van der Waals surface area contributed by atoms with Gasteiger partial charge in [-0.25, -0.2) is 4.79 Å². The van der Waals surface area contributed by atoms with Crippen molar-refractivity contribution in [2.75, 3.05) is 32.8 Å². The second-order valence-electron chi connectivity index (χ2n) is 6.28. The quantitative estimate of drug-likeness (QED) is 0.821. The van der Waals surface area contributed by atoms with Crippen LogP contribution in [0.15, 0.2) is 0 Å². The highest BCUT2D eigenvalue weighted by atomic mass is 16.5. The van der Waals surface area contributed by atoms with Crippen molar-refractivity contribution in [3.63, 3.8) is 0 Å². The van der Waals surface area contributed by atoms with Crippen LogP contribution in [0.5, 0.6) is 0 Å². The van der Waals surface area contributed by atoms with E-state index in [-0.39, 0.29) is 11.4 Å². The molecule has 2 aliphatic heterocycles. The SMILES string of the molecule is CC1CCCN(C(=O)NCC2(C)CCOCC2)C1. The van der Waals surface area contributed by atoms with E-state index in [1.54, 1.807) is 0 Å². The molecule has 2 amide bonds. The normalized spacial score (nSPS) is 27.9. The third-order valence-electron chi connectivity index (χ3n) is 4.31. The van der Waals surface area contributed by atoms with Crippen LogP contribution in [0, 0.1) is 11.3 Å². The monoisotopic (exact) mass is 254 g/mol. The summed E-state index contributed by atoms with van der Waals surface area (Å²) >= 11 is 0. The van der Waals surface area contributed by atoms with E-state index in [9.17, 15) is 4.79 Å². The molecule has 18 heavy (non-hydrogen) atoms. The standard InChI is InChI=1S/C14H26N2O2/c1-12-4-3-7-16(10-12)13(17)15-11-14(2)5-8-18-9-6-14/h12H,3-11H2,1-2H3,(H,15,17). The number of likely N-dealkylation sites (tertiary alicyclic amines) is 1. The van der Waals surface area contributed by atoms with Gasteiger partial charge in [0.25, 0.3) is 0 Å². The van der Waals surface area contributed by atoms with Crippen LogP contribution in [-0.4, -0.2) is 43.8 Å². The minimum absolute atomic E-state index is 0.120. The molecule has 0 radical (unpaired) electrons. The second kappa shape index (κ2) is 5.91. The van der Waals surface area contributed by atoms with Crippen molar-refractivity contribution in [2.24, 2.45) is 11.3 Å². The van der Waals surface area contributed by atoms with Gasteiger partial charge in [0.2, 0.25) is 0 Å². The molecule has 2 aliphatic rings. The number of piperidine rings is 1. The predicted molar refractivity (Wildman–Crippen MR) is 71.5 cm³/mol. The molecule has 2 heterocycles. The van der Waals surface area contributed by atoms with Gasteiger partial charge in [-0.15, -0.1) is 0 Å². The number of carbonyl (C=O) groups excluding carboxylic acids is 1. The minimum Gasteiger partial charge on any atom is -0.381 e. The van der Waals surface area contributed by atoms with Gasteiger partial charge in [-0.1, -0.05) is 13.8 Å². The van der Waals surface area contributed by atoms with Crippen LogP contribution in [0.2, 0.25) is 0 Å². The maximum atomic E-state index is 12.1. The molecule has 4 heteroatoms. The number of amides is 2. The van der Waals surface area contributed by atoms with Crippen molar-refractivity contribution in [2.45, 2.75) is 39.5 Å². The third-order valence-corrected chi connectivity index (χ3v) is 4.31. The van der Waals surface area contributed by atoms with Gasteiger partial charge in [-0.2, -0.15) is 0 Å². The molecule has 2 fully saturated rings. The lowest BCUT2D eigenvalue weighted by Gasteiger charge is -2.36. The van der Waals surface area contributed by atoms with Gasteiger partial charge in [-0.05, 0) is 37.0 Å². The van der Waals surface area contributed by atoms with Crippen LogP contribution in [0.3, 0.4) is 0 Å². The van der Waals surface area contributed by atoms with Gasteiger partial charge in [0.15, 0.2) is 0 Å². The lowest BCUT2D eigenvalue weighted by molar-refractivity contribution is 0.0244. The van der Waals surface area contributed by atoms with Gasteiger partial charge >= 0.3 is 6.03 Å². The Hall–Kier alpha value is -0.770. The molecule has 0 aromatic heterocycles. The lowest BCUT2D eigenvalue weighted by atomic mass is 9.82. The van der Waals surface area contributed by atoms with E-state index in [4.69, 9.17) is 4.74 Å². The van der Waals surface area contributed by atoms with E-state index in [0.717, 1.165) is 52.1 Å². The van der Waals surface area contributed by atoms with Crippen LogP contribution in [0.25, 0.3) is 0 Å². The summed E-state index contributed by atoms with van der Waals surface area (Å²) in [7, 11) is 0. The van der Waals surface area contributed by atoms with Crippen LogP contribution in [0.1, 0.15) is 39.5 Å². The Morgan fingerprint density at radius 1 is 1.44 bits per heavy atom. The summed E-state index contributed by atoms with van der Waals surface area (Å²) in [4.78, 5) is 14.1. The molecule has 2 saturated heterocycles. The Morgan fingerprint density at radius 2 is 2.17 bits per heavy atom. The summed E-state index contributed by atoms with van der Waals surface area (Å²) in [5, 5.41) is 3.11. The Bertz CT molecular complexity index is 288. The van der Waals surface area contributed by atoms with Crippen LogP contribution < -0.4 is 5.32 Å². The highest BCUT2D eigenvalue weighted by Gasteiger charge is 2.29. The average Bonchev–Trinajstić information content (AvgIpc) is 2.37. The average molecular weight is 254 g/mol. The maximum Gasteiger partial charge on any atom is 0.317 e. The van der Waals surface area contributed by atoms with Gasteiger partial charge < -0.3 is 15.0 Å². The van der Waals surface area contributed by atoms with Gasteiger partial charge in [0.1, 0.15) is 0 Å². The van der Waals surface area contributed by atoms with Crippen molar-refractivity contribution in [1.82, 2.24) is 10.2 Å². The number of urea groups is 1. The predicted octanol–water partition coefficient (Wildman–Crippen LogP) is 2.24. The molecule has 1 atom stereocenters. The molecule has 0 spiro atoms. The molecule has 1 unspecified atom stereocenters. The Morgan fingerprint density at radius 3 is 2.83 bits per heavy atom. The van der Waals surface area contributed by atoms with Crippen molar-refractivity contribution in [1.29, 1.82) is 0 Å². The Labute approximate surface area is 110 Å². The van der Waals surface area contributed by atoms with Crippen LogP contribution in [-0.2, 0) is 4.74 Å². The largest absolute Gasteiger partial charge is 0.381 e. The van der Waals surface area contributed by atoms with E-state index in [1.165, 1.54) is 6.42 Å². The molecule has 1 N–H and O–H groups in total. The first-order chi connectivity index (χ1) is 8.59. The Balaban J connectivity index is 1.76. The number of ether oxygens (including phenoxy) is 1. The van der Waals surface area contributed by atoms with Gasteiger partial charge in [-0.3, -0.25) is 0 Å². The molecular weight excluding hydrogens is 228 g/mol. The molecule has 4 nitrogen and oxygen atoms in total. The highest BCUT2D eigenvalue weighted by Crippen LogP contribution is 2.28. The first-order valence-electron chi connectivity index (χ1n) is 7.20. The molecule has 0 aliphatic carbocycles. The molecule has 104 valence electrons. The van der Waals surface area contributed by atoms with Gasteiger partial charge in [0, 0.05) is 32.8 Å². The summed E-state index contributed by atoms with van der Waals surface area (Å²) in [5.41, 5.74) is 0.218. The summed E-state index contributed by atoms with van der Waals surface area (Å²) < 4.78 is 5.38. The summed E-state index contributed by atoms with van der Waals surface area (Å²) in [5.74, 6) is 0.642. The lowest BCUT2D eigenvalue weighted by Crippen LogP contribution is -2.48. The molecular formula is C14H26N2O2. The van der Waals surface area contributed by atoms with Crippen molar-refractivity contribution < 1.29 is 9.53 Å². The van der Waals surface area contributed by atoms with Gasteiger partial charge in [0.05, 0.1) is 0 Å². The van der Waals surface area contributed by atoms with Crippen LogP contribution >= 0.6 is 0 Å². The topological polar surface area (TPSA) is 41.6 Å². The summed E-state index contributed by atoms with van der Waals surface area (Å²) in [6.45, 7) is 8.72. The first-order valence-corrected chi connectivity index (χ1v) is 7.20. The fraction of sp³-hybridized carbons (Fsp3) is 0.929. The number of carbonyl (C=O) groups is 1. The van der Waals surface area contributed by atoms with Crippen molar-refractivity contribution in [3.8, 4) is 0 Å². The zero-order valence-electron chi connectivity index (χ0n) is 11.7. The number of nitrogens with one attached hydrogen (secondary N) is 1. The Kier molecular flexibility index (Phi) is 4.49. The first kappa shape index (κ1) is 13.7. The third kappa shape index (κ3) is 3.61. The van der Waals surface area contributed by atoms with E-state index in [1.807, 2.05) is 4.90 Å².